The lowest BCUT2D eigenvalue weighted by Gasteiger charge is -2.37. The van der Waals surface area contributed by atoms with E-state index in [1.165, 1.54) is 0 Å². The zero-order valence-corrected chi connectivity index (χ0v) is 11.0. The summed E-state index contributed by atoms with van der Waals surface area (Å²) in [6.45, 7) is 3.59. The van der Waals surface area contributed by atoms with Gasteiger partial charge in [-0.3, -0.25) is 14.9 Å². The first-order valence-electron chi connectivity index (χ1n) is 6.62. The number of nitrogens with one attached hydrogen (secondary N) is 1. The first kappa shape index (κ1) is 12.1. The minimum atomic E-state index is -0.462. The van der Waals surface area contributed by atoms with E-state index in [-0.39, 0.29) is 11.8 Å². The summed E-state index contributed by atoms with van der Waals surface area (Å²) in [7, 11) is 0. The van der Waals surface area contributed by atoms with Crippen LogP contribution in [0.2, 0.25) is 0 Å². The number of hydrogen-bond acceptors (Lipinski definition) is 4. The van der Waals surface area contributed by atoms with Crippen molar-refractivity contribution in [3.05, 3.63) is 23.9 Å². The molecule has 0 aromatic carbocycles. The number of carbonyl (C=O) groups excluding carboxylic acids is 2. The maximum absolute atomic E-state index is 11.9. The first-order valence-corrected chi connectivity index (χ1v) is 6.62. The molecule has 2 aliphatic rings. The van der Waals surface area contributed by atoms with E-state index in [0.717, 1.165) is 37.3 Å². The molecule has 2 aliphatic heterocycles. The van der Waals surface area contributed by atoms with Gasteiger partial charge in [-0.1, -0.05) is 6.07 Å². The summed E-state index contributed by atoms with van der Waals surface area (Å²) < 4.78 is 0. The lowest BCUT2D eigenvalue weighted by Crippen LogP contribution is -2.44. The molecule has 5 heteroatoms. The number of carbonyl (C=O) groups is 2. The topological polar surface area (TPSA) is 62.3 Å². The fourth-order valence-corrected chi connectivity index (χ4v) is 3.05. The first-order chi connectivity index (χ1) is 9.11. The monoisotopic (exact) mass is 259 g/mol. The lowest BCUT2D eigenvalue weighted by atomic mass is 9.77. The molecular weight excluding hydrogens is 242 g/mol. The van der Waals surface area contributed by atoms with Crippen molar-refractivity contribution in [3.8, 4) is 0 Å². The van der Waals surface area contributed by atoms with Crippen molar-refractivity contribution in [2.45, 2.75) is 26.2 Å². The molecule has 1 N–H and O–H groups in total. The van der Waals surface area contributed by atoms with Crippen LogP contribution in [-0.4, -0.2) is 29.9 Å². The fourth-order valence-electron chi connectivity index (χ4n) is 3.05. The lowest BCUT2D eigenvalue weighted by molar-refractivity contribution is -0.129. The molecule has 0 atom stereocenters. The molecule has 0 aliphatic carbocycles. The van der Waals surface area contributed by atoms with Gasteiger partial charge in [-0.15, -0.1) is 0 Å². The number of nitrogens with zero attached hydrogens (tertiary/aromatic N) is 2. The Morgan fingerprint density at radius 2 is 2.05 bits per heavy atom. The Bertz CT molecular complexity index is 533. The van der Waals surface area contributed by atoms with E-state index < -0.39 is 5.41 Å². The van der Waals surface area contributed by atoms with Crippen LogP contribution in [0.15, 0.2) is 18.3 Å². The molecule has 2 fully saturated rings. The molecule has 3 heterocycles. The van der Waals surface area contributed by atoms with Gasteiger partial charge in [-0.2, -0.15) is 0 Å². The summed E-state index contributed by atoms with van der Waals surface area (Å²) in [5.41, 5.74) is 0.682. The van der Waals surface area contributed by atoms with E-state index in [0.29, 0.717) is 6.42 Å². The van der Waals surface area contributed by atoms with Crippen molar-refractivity contribution in [1.29, 1.82) is 0 Å². The Kier molecular flexibility index (Phi) is 2.77. The average molecular weight is 259 g/mol. The molecular formula is C14H17N3O2. The van der Waals surface area contributed by atoms with Crippen LogP contribution in [-0.2, 0) is 9.59 Å². The molecule has 0 radical (unpaired) electrons. The summed E-state index contributed by atoms with van der Waals surface area (Å²) in [5.74, 6) is 0.768. The third kappa shape index (κ3) is 1.99. The van der Waals surface area contributed by atoms with Crippen LogP contribution in [0.5, 0.6) is 0 Å². The van der Waals surface area contributed by atoms with Crippen molar-refractivity contribution in [3.63, 3.8) is 0 Å². The van der Waals surface area contributed by atoms with Gasteiger partial charge in [0.25, 0.3) is 0 Å². The van der Waals surface area contributed by atoms with Gasteiger partial charge in [-0.25, -0.2) is 4.98 Å². The highest BCUT2D eigenvalue weighted by molar-refractivity contribution is 6.06. The predicted molar refractivity (Wildman–Crippen MR) is 70.6 cm³/mol. The van der Waals surface area contributed by atoms with Crippen molar-refractivity contribution in [2.75, 3.05) is 18.0 Å². The molecule has 0 unspecified atom stereocenters. The summed E-state index contributed by atoms with van der Waals surface area (Å²) in [5, 5.41) is 2.43. The molecule has 0 bridgehead atoms. The molecule has 1 aromatic heterocycles. The van der Waals surface area contributed by atoms with E-state index in [9.17, 15) is 9.59 Å². The van der Waals surface area contributed by atoms with Crippen LogP contribution >= 0.6 is 0 Å². The van der Waals surface area contributed by atoms with Crippen LogP contribution in [0.25, 0.3) is 0 Å². The molecule has 1 spiro atoms. The Hall–Kier alpha value is -1.91. The molecule has 1 aromatic rings. The molecule has 2 saturated heterocycles. The molecule has 0 saturated carbocycles. The van der Waals surface area contributed by atoms with E-state index in [2.05, 4.69) is 15.2 Å². The van der Waals surface area contributed by atoms with Gasteiger partial charge in [0.2, 0.25) is 11.8 Å². The Morgan fingerprint density at radius 1 is 1.32 bits per heavy atom. The molecule has 5 nitrogen and oxygen atoms in total. The highest BCUT2D eigenvalue weighted by atomic mass is 16.2. The normalized spacial score (nSPS) is 21.8. The third-order valence-corrected chi connectivity index (χ3v) is 4.24. The quantitative estimate of drug-likeness (QED) is 0.765. The molecule has 3 rings (SSSR count). The molecule has 100 valence electrons. The number of anilines is 1. The van der Waals surface area contributed by atoms with E-state index >= 15 is 0 Å². The van der Waals surface area contributed by atoms with Gasteiger partial charge in [0.15, 0.2) is 0 Å². The van der Waals surface area contributed by atoms with Gasteiger partial charge in [0.1, 0.15) is 5.82 Å². The maximum Gasteiger partial charge on any atom is 0.233 e. The van der Waals surface area contributed by atoms with Crippen LogP contribution in [0, 0.1) is 12.3 Å². The summed E-state index contributed by atoms with van der Waals surface area (Å²) in [6.07, 6.45) is 3.58. The number of pyridine rings is 1. The molecule has 2 amide bonds. The van der Waals surface area contributed by atoms with Gasteiger partial charge in [0, 0.05) is 25.7 Å². The van der Waals surface area contributed by atoms with Crippen molar-refractivity contribution in [2.24, 2.45) is 5.41 Å². The summed E-state index contributed by atoms with van der Waals surface area (Å²) in [4.78, 5) is 29.9. The van der Waals surface area contributed by atoms with Gasteiger partial charge < -0.3 is 4.90 Å². The van der Waals surface area contributed by atoms with Gasteiger partial charge in [-0.05, 0) is 31.4 Å². The number of aromatic nitrogens is 1. The number of amides is 2. The van der Waals surface area contributed by atoms with Gasteiger partial charge >= 0.3 is 0 Å². The smallest absolute Gasteiger partial charge is 0.233 e. The van der Waals surface area contributed by atoms with Crippen LogP contribution in [0.3, 0.4) is 0 Å². The third-order valence-electron chi connectivity index (χ3n) is 4.24. The number of rotatable bonds is 1. The zero-order chi connectivity index (χ0) is 13.5. The minimum Gasteiger partial charge on any atom is -0.356 e. The predicted octanol–water partition coefficient (Wildman–Crippen LogP) is 1.02. The van der Waals surface area contributed by atoms with Gasteiger partial charge in [0.05, 0.1) is 5.41 Å². The number of hydrogen-bond donors (Lipinski definition) is 1. The second-order valence-corrected chi connectivity index (χ2v) is 5.47. The number of aryl methyl sites for hydroxylation is 1. The maximum atomic E-state index is 11.9. The van der Waals surface area contributed by atoms with Crippen molar-refractivity contribution in [1.82, 2.24) is 10.3 Å². The van der Waals surface area contributed by atoms with E-state index in [4.69, 9.17) is 0 Å². The van der Waals surface area contributed by atoms with Crippen LogP contribution < -0.4 is 10.2 Å². The Labute approximate surface area is 112 Å². The molecule has 19 heavy (non-hydrogen) atoms. The van der Waals surface area contributed by atoms with Crippen LogP contribution in [0.1, 0.15) is 24.8 Å². The second-order valence-electron chi connectivity index (χ2n) is 5.47. The second kappa shape index (κ2) is 4.33. The van der Waals surface area contributed by atoms with E-state index in [1.807, 2.05) is 19.1 Å². The SMILES string of the molecule is Cc1cccnc1N1CCC2(CC1)CC(=O)NC2=O. The zero-order valence-electron chi connectivity index (χ0n) is 11.0. The Balaban J connectivity index is 1.75. The number of imide groups is 1. The Morgan fingerprint density at radius 3 is 2.63 bits per heavy atom. The average Bonchev–Trinajstić information content (AvgIpc) is 2.66. The largest absolute Gasteiger partial charge is 0.356 e. The minimum absolute atomic E-state index is 0.0881. The van der Waals surface area contributed by atoms with Crippen molar-refractivity contribution < 1.29 is 9.59 Å². The highest BCUT2D eigenvalue weighted by Crippen LogP contribution is 2.39. The standard InChI is InChI=1S/C14H17N3O2/c1-10-3-2-6-15-12(10)17-7-4-14(5-8-17)9-11(18)16-13(14)19/h2-3,6H,4-5,7-9H2,1H3,(H,16,18,19). The van der Waals surface area contributed by atoms with Crippen LogP contribution in [0.4, 0.5) is 5.82 Å². The van der Waals surface area contributed by atoms with Crippen molar-refractivity contribution >= 4 is 17.6 Å². The highest BCUT2D eigenvalue weighted by Gasteiger charge is 2.48. The fraction of sp³-hybridized carbons (Fsp3) is 0.500. The number of piperidine rings is 1. The summed E-state index contributed by atoms with van der Waals surface area (Å²) in [6, 6.07) is 3.96. The van der Waals surface area contributed by atoms with E-state index in [1.54, 1.807) is 6.20 Å². The summed E-state index contributed by atoms with van der Waals surface area (Å²) >= 11 is 0.